The smallest absolute Gasteiger partial charge is 0.236 e. The van der Waals surface area contributed by atoms with Crippen LogP contribution >= 0.6 is 46.3 Å². The maximum absolute atomic E-state index is 12.1. The molecule has 0 spiro atoms. The summed E-state index contributed by atoms with van der Waals surface area (Å²) in [6, 6.07) is 13.5. The summed E-state index contributed by atoms with van der Waals surface area (Å²) >= 11 is 14.7. The van der Waals surface area contributed by atoms with Crippen LogP contribution in [0.2, 0.25) is 10.0 Å². The molecule has 0 saturated carbocycles. The average Bonchev–Trinajstić information content (AvgIpc) is 3.07. The average molecular weight is 424 g/mol. The van der Waals surface area contributed by atoms with E-state index in [1.165, 1.54) is 28.7 Å². The van der Waals surface area contributed by atoms with Gasteiger partial charge in [-0.3, -0.25) is 10.1 Å². The zero-order valence-electron chi connectivity index (χ0n) is 13.8. The molecule has 0 unspecified atom stereocenters. The molecule has 1 aromatic heterocycles. The highest BCUT2D eigenvalue weighted by Gasteiger charge is 2.10. The molecule has 3 rings (SSSR count). The van der Waals surface area contributed by atoms with Gasteiger partial charge in [0.1, 0.15) is 5.01 Å². The summed E-state index contributed by atoms with van der Waals surface area (Å²) in [6.07, 6.45) is 0. The van der Waals surface area contributed by atoms with Crippen LogP contribution in [0.5, 0.6) is 0 Å². The molecule has 0 bridgehead atoms. The molecule has 1 heterocycles. The minimum Gasteiger partial charge on any atom is -0.300 e. The summed E-state index contributed by atoms with van der Waals surface area (Å²) in [5, 5.41) is 13.3. The van der Waals surface area contributed by atoms with Gasteiger partial charge in [0.05, 0.1) is 15.8 Å². The molecule has 0 radical (unpaired) electrons. The summed E-state index contributed by atoms with van der Waals surface area (Å²) in [5.41, 5.74) is 3.20. The Balaban J connectivity index is 1.50. The molecule has 0 aliphatic heterocycles. The minimum absolute atomic E-state index is 0.110. The van der Waals surface area contributed by atoms with Crippen molar-refractivity contribution in [3.8, 4) is 10.6 Å². The van der Waals surface area contributed by atoms with E-state index in [9.17, 15) is 4.79 Å². The van der Waals surface area contributed by atoms with Gasteiger partial charge in [-0.05, 0) is 24.6 Å². The minimum atomic E-state index is -0.110. The molecular formula is C18H15Cl2N3OS2. The van der Waals surface area contributed by atoms with Gasteiger partial charge in [0.15, 0.2) is 0 Å². The fourth-order valence-corrected chi connectivity index (χ4v) is 3.99. The van der Waals surface area contributed by atoms with Gasteiger partial charge in [-0.25, -0.2) is 0 Å². The van der Waals surface area contributed by atoms with Crippen molar-refractivity contribution in [2.45, 2.75) is 12.7 Å². The van der Waals surface area contributed by atoms with Gasteiger partial charge in [-0.15, -0.1) is 22.0 Å². The highest BCUT2D eigenvalue weighted by atomic mass is 35.5. The predicted octanol–water partition coefficient (Wildman–Crippen LogP) is 5.69. The Labute approximate surface area is 169 Å². The van der Waals surface area contributed by atoms with Crippen molar-refractivity contribution in [2.75, 3.05) is 11.1 Å². The fraction of sp³-hybridized carbons (Fsp3) is 0.167. The number of nitrogens with one attached hydrogen (secondary N) is 1. The van der Waals surface area contributed by atoms with Gasteiger partial charge in [-0.2, -0.15) is 0 Å². The monoisotopic (exact) mass is 423 g/mol. The number of aryl methyl sites for hydroxylation is 1. The molecule has 0 aliphatic rings. The predicted molar refractivity (Wildman–Crippen MR) is 111 cm³/mol. The summed E-state index contributed by atoms with van der Waals surface area (Å²) < 4.78 is 0. The second kappa shape index (κ2) is 8.86. The van der Waals surface area contributed by atoms with Crippen LogP contribution in [0.25, 0.3) is 10.6 Å². The first-order valence-corrected chi connectivity index (χ1v) is 10.5. The van der Waals surface area contributed by atoms with Gasteiger partial charge in [-0.1, -0.05) is 70.4 Å². The number of hydrogen-bond acceptors (Lipinski definition) is 5. The lowest BCUT2D eigenvalue weighted by molar-refractivity contribution is -0.113. The van der Waals surface area contributed by atoms with E-state index in [0.29, 0.717) is 26.7 Å². The molecule has 1 amide bonds. The number of hydrogen-bond donors (Lipinski definition) is 1. The normalized spacial score (nSPS) is 10.7. The first kappa shape index (κ1) is 19.2. The number of benzene rings is 2. The van der Waals surface area contributed by atoms with Crippen molar-refractivity contribution < 1.29 is 4.79 Å². The molecule has 0 saturated heterocycles. The van der Waals surface area contributed by atoms with Crippen LogP contribution in [0.3, 0.4) is 0 Å². The first-order valence-electron chi connectivity index (χ1n) is 7.73. The van der Waals surface area contributed by atoms with Crippen molar-refractivity contribution >= 4 is 57.3 Å². The summed E-state index contributed by atoms with van der Waals surface area (Å²) in [5.74, 6) is 0.885. The van der Waals surface area contributed by atoms with Crippen molar-refractivity contribution in [1.29, 1.82) is 0 Å². The van der Waals surface area contributed by atoms with Crippen molar-refractivity contribution in [1.82, 2.24) is 10.2 Å². The van der Waals surface area contributed by atoms with Crippen LogP contribution in [-0.2, 0) is 10.5 Å². The second-order valence-electron chi connectivity index (χ2n) is 5.57. The lowest BCUT2D eigenvalue weighted by atomic mass is 10.2. The van der Waals surface area contributed by atoms with Crippen molar-refractivity contribution in [3.63, 3.8) is 0 Å². The van der Waals surface area contributed by atoms with E-state index in [1.54, 1.807) is 6.07 Å². The van der Waals surface area contributed by atoms with E-state index in [0.717, 1.165) is 16.1 Å². The van der Waals surface area contributed by atoms with Crippen LogP contribution in [-0.4, -0.2) is 21.9 Å². The van der Waals surface area contributed by atoms with Gasteiger partial charge in [0.25, 0.3) is 0 Å². The third-order valence-electron chi connectivity index (χ3n) is 3.46. The van der Waals surface area contributed by atoms with Gasteiger partial charge < -0.3 is 0 Å². The summed E-state index contributed by atoms with van der Waals surface area (Å²) in [4.78, 5) is 12.1. The van der Waals surface area contributed by atoms with Crippen LogP contribution < -0.4 is 5.32 Å². The summed E-state index contributed by atoms with van der Waals surface area (Å²) in [7, 11) is 0. The standard InChI is InChI=1S/C18H15Cl2N3OS2/c1-11-2-5-13(6-3-11)17-22-23-18(26-17)21-16(24)10-25-9-12-4-7-14(19)15(20)8-12/h2-8H,9-10H2,1H3,(H,21,23,24). The molecule has 8 heteroatoms. The van der Waals surface area contributed by atoms with Crippen molar-refractivity contribution in [2.24, 2.45) is 0 Å². The number of rotatable bonds is 6. The Bertz CT molecular complexity index is 913. The Morgan fingerprint density at radius 1 is 1.12 bits per heavy atom. The lowest BCUT2D eigenvalue weighted by Crippen LogP contribution is -2.13. The Morgan fingerprint density at radius 3 is 2.62 bits per heavy atom. The highest BCUT2D eigenvalue weighted by Crippen LogP contribution is 2.27. The molecule has 3 aromatic rings. The van der Waals surface area contributed by atoms with Crippen LogP contribution in [0, 0.1) is 6.92 Å². The Morgan fingerprint density at radius 2 is 1.88 bits per heavy atom. The zero-order chi connectivity index (χ0) is 18.5. The third kappa shape index (κ3) is 5.20. The maximum Gasteiger partial charge on any atom is 0.236 e. The van der Waals surface area contributed by atoms with E-state index in [-0.39, 0.29) is 5.91 Å². The van der Waals surface area contributed by atoms with Gasteiger partial charge >= 0.3 is 0 Å². The van der Waals surface area contributed by atoms with E-state index in [1.807, 2.05) is 43.3 Å². The molecule has 4 nitrogen and oxygen atoms in total. The van der Waals surface area contributed by atoms with E-state index >= 15 is 0 Å². The van der Waals surface area contributed by atoms with E-state index in [4.69, 9.17) is 23.2 Å². The summed E-state index contributed by atoms with van der Waals surface area (Å²) in [6.45, 7) is 2.03. The number of nitrogens with zero attached hydrogens (tertiary/aromatic N) is 2. The number of carbonyl (C=O) groups excluding carboxylic acids is 1. The highest BCUT2D eigenvalue weighted by molar-refractivity contribution is 7.99. The number of anilines is 1. The molecule has 1 N–H and O–H groups in total. The molecular weight excluding hydrogens is 409 g/mol. The largest absolute Gasteiger partial charge is 0.300 e. The van der Waals surface area contributed by atoms with Gasteiger partial charge in [0.2, 0.25) is 11.0 Å². The third-order valence-corrected chi connectivity index (χ3v) is 6.09. The lowest BCUT2D eigenvalue weighted by Gasteiger charge is -2.03. The Hall–Kier alpha value is -1.60. The topological polar surface area (TPSA) is 54.9 Å². The Kier molecular flexibility index (Phi) is 6.53. The second-order valence-corrected chi connectivity index (χ2v) is 8.35. The maximum atomic E-state index is 12.1. The van der Waals surface area contributed by atoms with Crippen LogP contribution in [0.4, 0.5) is 5.13 Å². The molecule has 26 heavy (non-hydrogen) atoms. The number of amides is 1. The quantitative estimate of drug-likeness (QED) is 0.552. The van der Waals surface area contributed by atoms with E-state index < -0.39 is 0 Å². The van der Waals surface area contributed by atoms with Gasteiger partial charge in [0, 0.05) is 11.3 Å². The zero-order valence-corrected chi connectivity index (χ0v) is 17.0. The molecule has 134 valence electrons. The SMILES string of the molecule is Cc1ccc(-c2nnc(NC(=O)CSCc3ccc(Cl)c(Cl)c3)s2)cc1. The number of carbonyl (C=O) groups is 1. The molecule has 0 atom stereocenters. The fourth-order valence-electron chi connectivity index (χ4n) is 2.13. The number of aromatic nitrogens is 2. The molecule has 2 aromatic carbocycles. The van der Waals surface area contributed by atoms with E-state index in [2.05, 4.69) is 15.5 Å². The number of halogens is 2. The van der Waals surface area contributed by atoms with Crippen LogP contribution in [0.15, 0.2) is 42.5 Å². The molecule has 0 fully saturated rings. The first-order chi connectivity index (χ1) is 12.5. The number of thioether (sulfide) groups is 1. The van der Waals surface area contributed by atoms with Crippen LogP contribution in [0.1, 0.15) is 11.1 Å². The van der Waals surface area contributed by atoms with Crippen molar-refractivity contribution in [3.05, 3.63) is 63.6 Å². The molecule has 0 aliphatic carbocycles.